The minimum absolute atomic E-state index is 0.270. The first-order valence-corrected chi connectivity index (χ1v) is 6.18. The summed E-state index contributed by atoms with van der Waals surface area (Å²) < 4.78 is 13.6. The van der Waals surface area contributed by atoms with Crippen LogP contribution in [0.1, 0.15) is 11.1 Å². The fraction of sp³-hybridized carbons (Fsp3) is 0.143. The van der Waals surface area contributed by atoms with E-state index in [9.17, 15) is 4.39 Å². The van der Waals surface area contributed by atoms with Crippen molar-refractivity contribution in [3.05, 3.63) is 53.3 Å². The van der Waals surface area contributed by atoms with E-state index in [0.717, 1.165) is 4.90 Å². The van der Waals surface area contributed by atoms with Crippen LogP contribution in [0.15, 0.2) is 46.2 Å². The third-order valence-electron chi connectivity index (χ3n) is 2.66. The molecule has 1 nitrogen and oxygen atoms in total. The highest BCUT2D eigenvalue weighted by Gasteiger charge is 2.05. The Balaban J connectivity index is 2.28. The molecule has 0 saturated carbocycles. The van der Waals surface area contributed by atoms with Gasteiger partial charge in [-0.25, -0.2) is 4.39 Å². The van der Waals surface area contributed by atoms with E-state index in [1.165, 1.54) is 29.0 Å². The Kier molecular flexibility index (Phi) is 3.38. The van der Waals surface area contributed by atoms with Crippen LogP contribution < -0.4 is 5.73 Å². The first-order chi connectivity index (χ1) is 8.06. The van der Waals surface area contributed by atoms with Crippen LogP contribution in [0, 0.1) is 19.7 Å². The van der Waals surface area contributed by atoms with Crippen LogP contribution in [0.3, 0.4) is 0 Å². The quantitative estimate of drug-likeness (QED) is 0.806. The lowest BCUT2D eigenvalue weighted by molar-refractivity contribution is 0.603. The van der Waals surface area contributed by atoms with Gasteiger partial charge in [0.15, 0.2) is 0 Å². The lowest BCUT2D eigenvalue weighted by Crippen LogP contribution is -1.88. The molecular weight excluding hydrogens is 233 g/mol. The van der Waals surface area contributed by atoms with Crippen molar-refractivity contribution >= 4 is 17.4 Å². The fourth-order valence-electron chi connectivity index (χ4n) is 1.50. The Bertz CT molecular complexity index is 552. The summed E-state index contributed by atoms with van der Waals surface area (Å²) in [6.45, 7) is 4.12. The topological polar surface area (TPSA) is 26.0 Å². The molecule has 17 heavy (non-hydrogen) atoms. The Morgan fingerprint density at radius 2 is 1.76 bits per heavy atom. The van der Waals surface area contributed by atoms with Gasteiger partial charge in [-0.2, -0.15) is 0 Å². The average molecular weight is 247 g/mol. The summed E-state index contributed by atoms with van der Waals surface area (Å²) in [7, 11) is 0. The van der Waals surface area contributed by atoms with Gasteiger partial charge in [-0.3, -0.25) is 0 Å². The minimum atomic E-state index is -0.270. The van der Waals surface area contributed by atoms with E-state index in [1.54, 1.807) is 12.1 Å². The van der Waals surface area contributed by atoms with Crippen molar-refractivity contribution in [2.24, 2.45) is 0 Å². The van der Waals surface area contributed by atoms with Crippen LogP contribution in [0.4, 0.5) is 10.1 Å². The molecule has 0 saturated heterocycles. The predicted octanol–water partition coefficient (Wildman–Crippen LogP) is 4.18. The second kappa shape index (κ2) is 4.80. The second-order valence-corrected chi connectivity index (χ2v) is 5.15. The molecule has 0 unspecified atom stereocenters. The molecule has 0 amide bonds. The van der Waals surface area contributed by atoms with Crippen molar-refractivity contribution in [1.82, 2.24) is 0 Å². The summed E-state index contributed by atoms with van der Waals surface area (Å²) in [6, 6.07) is 10.9. The molecule has 2 aromatic rings. The van der Waals surface area contributed by atoms with Crippen LogP contribution in [-0.2, 0) is 0 Å². The van der Waals surface area contributed by atoms with E-state index >= 15 is 0 Å². The first-order valence-electron chi connectivity index (χ1n) is 5.36. The molecule has 0 aliphatic heterocycles. The molecule has 0 radical (unpaired) electrons. The number of hydrogen-bond acceptors (Lipinski definition) is 2. The number of aryl methyl sites for hydroxylation is 2. The first kappa shape index (κ1) is 12.0. The van der Waals surface area contributed by atoms with Gasteiger partial charge in [-0.15, -0.1) is 0 Å². The number of hydrogen-bond donors (Lipinski definition) is 1. The maximum atomic E-state index is 13.6. The molecule has 0 bridgehead atoms. The van der Waals surface area contributed by atoms with Crippen LogP contribution >= 0.6 is 11.8 Å². The van der Waals surface area contributed by atoms with E-state index in [2.05, 4.69) is 19.9 Å². The number of anilines is 1. The predicted molar refractivity (Wildman–Crippen MR) is 70.9 cm³/mol. The molecule has 0 spiro atoms. The van der Waals surface area contributed by atoms with Gasteiger partial charge in [0, 0.05) is 15.5 Å². The van der Waals surface area contributed by atoms with Gasteiger partial charge in [0.25, 0.3) is 0 Å². The number of rotatable bonds is 2. The van der Waals surface area contributed by atoms with Crippen molar-refractivity contribution in [3.63, 3.8) is 0 Å². The molecule has 2 rings (SSSR count). The zero-order valence-corrected chi connectivity index (χ0v) is 10.6. The summed E-state index contributed by atoms with van der Waals surface area (Å²) in [4.78, 5) is 1.64. The van der Waals surface area contributed by atoms with Crippen molar-refractivity contribution in [2.45, 2.75) is 23.6 Å². The largest absolute Gasteiger partial charge is 0.399 e. The Morgan fingerprint density at radius 1 is 1.00 bits per heavy atom. The smallest absolute Gasteiger partial charge is 0.139 e. The number of benzene rings is 2. The standard InChI is InChI=1S/C14H14FNS/c1-9-3-5-12(7-10(9)2)17-14-6-4-11(16)8-13(14)15/h3-8H,16H2,1-2H3. The van der Waals surface area contributed by atoms with Gasteiger partial charge in [-0.1, -0.05) is 17.8 Å². The normalized spacial score (nSPS) is 10.5. The molecule has 2 N–H and O–H groups in total. The molecule has 0 aliphatic rings. The fourth-order valence-corrected chi connectivity index (χ4v) is 2.42. The van der Waals surface area contributed by atoms with E-state index in [-0.39, 0.29) is 5.82 Å². The van der Waals surface area contributed by atoms with Crippen molar-refractivity contribution in [1.29, 1.82) is 0 Å². The molecule has 88 valence electrons. The maximum Gasteiger partial charge on any atom is 0.139 e. The van der Waals surface area contributed by atoms with Crippen LogP contribution in [-0.4, -0.2) is 0 Å². The molecule has 0 atom stereocenters. The van der Waals surface area contributed by atoms with Crippen LogP contribution in [0.2, 0.25) is 0 Å². The zero-order chi connectivity index (χ0) is 12.4. The number of nitrogen functional groups attached to an aromatic ring is 1. The lowest BCUT2D eigenvalue weighted by Gasteiger charge is -2.06. The summed E-state index contributed by atoms with van der Waals surface area (Å²) in [5.41, 5.74) is 8.42. The van der Waals surface area contributed by atoms with Crippen LogP contribution in [0.25, 0.3) is 0 Å². The van der Waals surface area contributed by atoms with Crippen molar-refractivity contribution < 1.29 is 4.39 Å². The molecule has 2 aromatic carbocycles. The van der Waals surface area contributed by atoms with Gasteiger partial charge in [0.1, 0.15) is 5.82 Å². The van der Waals surface area contributed by atoms with E-state index in [0.29, 0.717) is 10.6 Å². The molecule has 0 heterocycles. The molecule has 3 heteroatoms. The summed E-state index contributed by atoms with van der Waals surface area (Å²) in [5, 5.41) is 0. The Labute approximate surface area is 105 Å². The van der Waals surface area contributed by atoms with Crippen LogP contribution in [0.5, 0.6) is 0 Å². The highest BCUT2D eigenvalue weighted by atomic mass is 32.2. The third kappa shape index (κ3) is 2.80. The maximum absolute atomic E-state index is 13.6. The molecular formula is C14H14FNS. The number of nitrogens with two attached hydrogens (primary N) is 1. The van der Waals surface area contributed by atoms with Crippen molar-refractivity contribution in [3.8, 4) is 0 Å². The highest BCUT2D eigenvalue weighted by Crippen LogP contribution is 2.31. The summed E-state index contributed by atoms with van der Waals surface area (Å²) in [5.74, 6) is -0.270. The number of halogens is 1. The molecule has 0 aliphatic carbocycles. The van der Waals surface area contributed by atoms with Gasteiger partial charge in [-0.05, 0) is 55.3 Å². The molecule has 0 fully saturated rings. The van der Waals surface area contributed by atoms with E-state index in [4.69, 9.17) is 5.73 Å². The average Bonchev–Trinajstić information content (AvgIpc) is 2.27. The van der Waals surface area contributed by atoms with Gasteiger partial charge in [0.2, 0.25) is 0 Å². The third-order valence-corrected chi connectivity index (χ3v) is 3.70. The van der Waals surface area contributed by atoms with Gasteiger partial charge >= 0.3 is 0 Å². The van der Waals surface area contributed by atoms with Gasteiger partial charge in [0.05, 0.1) is 0 Å². The van der Waals surface area contributed by atoms with E-state index in [1.807, 2.05) is 12.1 Å². The highest BCUT2D eigenvalue weighted by molar-refractivity contribution is 7.99. The summed E-state index contributed by atoms with van der Waals surface area (Å²) >= 11 is 1.42. The minimum Gasteiger partial charge on any atom is -0.399 e. The van der Waals surface area contributed by atoms with Crippen molar-refractivity contribution in [2.75, 3.05) is 5.73 Å². The zero-order valence-electron chi connectivity index (χ0n) is 9.83. The Morgan fingerprint density at radius 3 is 2.41 bits per heavy atom. The monoisotopic (exact) mass is 247 g/mol. The SMILES string of the molecule is Cc1ccc(Sc2ccc(N)cc2F)cc1C. The molecule has 0 aromatic heterocycles. The summed E-state index contributed by atoms with van der Waals surface area (Å²) in [6.07, 6.45) is 0. The van der Waals surface area contributed by atoms with E-state index < -0.39 is 0 Å². The second-order valence-electron chi connectivity index (χ2n) is 4.04. The van der Waals surface area contributed by atoms with Gasteiger partial charge < -0.3 is 5.73 Å². The Hall–Kier alpha value is -1.48. The lowest BCUT2D eigenvalue weighted by atomic mass is 10.1.